The molecule has 0 amide bonds. The molecule has 0 aliphatic carbocycles. The number of benzene rings is 1. The Hall–Kier alpha value is -0.350. The molecule has 0 aliphatic heterocycles. The highest BCUT2D eigenvalue weighted by atomic mass is 79.9. The van der Waals surface area contributed by atoms with E-state index in [1.807, 2.05) is 25.2 Å². The van der Waals surface area contributed by atoms with E-state index in [1.54, 1.807) is 11.3 Å². The number of hydrogen-bond acceptors (Lipinski definition) is 2. The van der Waals surface area contributed by atoms with Crippen LogP contribution in [0.15, 0.2) is 34.8 Å². The SMILES string of the molecule is CNC(c1cccc(Cl)c1)c1sc(C)cc1Br. The lowest BCUT2D eigenvalue weighted by atomic mass is 10.1. The average Bonchev–Trinajstić information content (AvgIpc) is 2.59. The van der Waals surface area contributed by atoms with Crippen LogP contribution in [0.3, 0.4) is 0 Å². The standard InChI is InChI=1S/C13H13BrClNS/c1-8-6-11(14)13(17-8)12(16-2)9-4-3-5-10(15)7-9/h3-7,12,16H,1-2H3. The quantitative estimate of drug-likeness (QED) is 0.854. The number of halogens is 2. The van der Waals surface area contributed by atoms with Gasteiger partial charge >= 0.3 is 0 Å². The van der Waals surface area contributed by atoms with Crippen LogP contribution in [0.1, 0.15) is 21.4 Å². The van der Waals surface area contributed by atoms with Crippen LogP contribution < -0.4 is 5.32 Å². The van der Waals surface area contributed by atoms with Gasteiger partial charge in [-0.25, -0.2) is 0 Å². The number of aryl methyl sites for hydroxylation is 1. The van der Waals surface area contributed by atoms with Gasteiger partial charge in [-0.1, -0.05) is 23.7 Å². The smallest absolute Gasteiger partial charge is 0.0680 e. The summed E-state index contributed by atoms with van der Waals surface area (Å²) in [7, 11) is 1.97. The van der Waals surface area contributed by atoms with Crippen LogP contribution in [0, 0.1) is 6.92 Å². The first-order valence-corrected chi connectivity index (χ1v) is 7.29. The highest BCUT2D eigenvalue weighted by Crippen LogP contribution is 2.35. The molecule has 0 fully saturated rings. The highest BCUT2D eigenvalue weighted by Gasteiger charge is 2.17. The topological polar surface area (TPSA) is 12.0 Å². The molecule has 1 aromatic carbocycles. The maximum atomic E-state index is 6.04. The third kappa shape index (κ3) is 2.91. The van der Waals surface area contributed by atoms with Gasteiger partial charge in [-0.3, -0.25) is 0 Å². The van der Waals surface area contributed by atoms with Gasteiger partial charge in [0.25, 0.3) is 0 Å². The largest absolute Gasteiger partial charge is 0.309 e. The highest BCUT2D eigenvalue weighted by molar-refractivity contribution is 9.10. The summed E-state index contributed by atoms with van der Waals surface area (Å²) in [5, 5.41) is 4.11. The number of hydrogen-bond donors (Lipinski definition) is 1. The third-order valence-electron chi connectivity index (χ3n) is 2.57. The minimum absolute atomic E-state index is 0.182. The molecule has 0 radical (unpaired) electrons. The van der Waals surface area contributed by atoms with E-state index in [0.717, 1.165) is 9.50 Å². The zero-order valence-corrected chi connectivity index (χ0v) is 12.8. The summed E-state index contributed by atoms with van der Waals surface area (Å²) in [6.07, 6.45) is 0. The van der Waals surface area contributed by atoms with Gasteiger partial charge in [0.2, 0.25) is 0 Å². The van der Waals surface area contributed by atoms with Crippen molar-refractivity contribution in [3.05, 3.63) is 55.1 Å². The molecule has 1 N–H and O–H groups in total. The molecular weight excluding hydrogens is 318 g/mol. The average molecular weight is 331 g/mol. The maximum Gasteiger partial charge on any atom is 0.0680 e. The zero-order chi connectivity index (χ0) is 12.4. The monoisotopic (exact) mass is 329 g/mol. The second-order valence-electron chi connectivity index (χ2n) is 3.85. The van der Waals surface area contributed by atoms with Crippen molar-refractivity contribution < 1.29 is 0 Å². The second-order valence-corrected chi connectivity index (χ2v) is 6.42. The van der Waals surface area contributed by atoms with E-state index < -0.39 is 0 Å². The van der Waals surface area contributed by atoms with Gasteiger partial charge in [0, 0.05) is 19.2 Å². The van der Waals surface area contributed by atoms with Gasteiger partial charge in [0.1, 0.15) is 0 Å². The molecule has 0 spiro atoms. The van der Waals surface area contributed by atoms with E-state index in [0.29, 0.717) is 0 Å². The van der Waals surface area contributed by atoms with Gasteiger partial charge < -0.3 is 5.32 Å². The van der Waals surface area contributed by atoms with Crippen molar-refractivity contribution in [1.82, 2.24) is 5.32 Å². The van der Waals surface area contributed by atoms with Gasteiger partial charge in [0.05, 0.1) is 6.04 Å². The number of rotatable bonds is 3. The van der Waals surface area contributed by atoms with Crippen LogP contribution in [0.5, 0.6) is 0 Å². The summed E-state index contributed by atoms with van der Waals surface area (Å²) in [4.78, 5) is 2.58. The Labute approximate surface area is 119 Å². The van der Waals surface area contributed by atoms with Gasteiger partial charge in [0.15, 0.2) is 0 Å². The van der Waals surface area contributed by atoms with Crippen molar-refractivity contribution in [2.75, 3.05) is 7.05 Å². The summed E-state index contributed by atoms with van der Waals surface area (Å²) in [6.45, 7) is 2.11. The Morgan fingerprint density at radius 2 is 2.12 bits per heavy atom. The number of nitrogens with one attached hydrogen (secondary N) is 1. The first-order chi connectivity index (χ1) is 8.11. The van der Waals surface area contributed by atoms with Gasteiger partial charge in [-0.15, -0.1) is 11.3 Å². The molecule has 1 heterocycles. The van der Waals surface area contributed by atoms with E-state index in [4.69, 9.17) is 11.6 Å². The predicted octanol–water partition coefficient (Wildman–Crippen LogP) is 4.78. The van der Waals surface area contributed by atoms with Crippen LogP contribution in [-0.4, -0.2) is 7.05 Å². The van der Waals surface area contributed by atoms with E-state index in [2.05, 4.69) is 40.3 Å². The molecule has 0 bridgehead atoms. The molecular formula is C13H13BrClNS. The second kappa shape index (κ2) is 5.53. The molecule has 2 rings (SSSR count). The fraction of sp³-hybridized carbons (Fsp3) is 0.231. The minimum Gasteiger partial charge on any atom is -0.309 e. The fourth-order valence-electron chi connectivity index (χ4n) is 1.83. The van der Waals surface area contributed by atoms with Crippen molar-refractivity contribution in [2.24, 2.45) is 0 Å². The molecule has 1 aromatic heterocycles. The maximum absolute atomic E-state index is 6.04. The van der Waals surface area contributed by atoms with Crippen molar-refractivity contribution >= 4 is 38.9 Å². The molecule has 2 aromatic rings. The Morgan fingerprint density at radius 1 is 1.35 bits per heavy atom. The van der Waals surface area contributed by atoms with E-state index in [1.165, 1.54) is 15.3 Å². The molecule has 0 saturated carbocycles. The van der Waals surface area contributed by atoms with Crippen molar-refractivity contribution in [3.8, 4) is 0 Å². The van der Waals surface area contributed by atoms with Crippen LogP contribution in [0.25, 0.3) is 0 Å². The van der Waals surface area contributed by atoms with Crippen molar-refractivity contribution in [1.29, 1.82) is 0 Å². The molecule has 4 heteroatoms. The van der Waals surface area contributed by atoms with Crippen LogP contribution in [0.2, 0.25) is 5.02 Å². The first-order valence-electron chi connectivity index (χ1n) is 5.30. The Morgan fingerprint density at radius 3 is 2.65 bits per heavy atom. The summed E-state index contributed by atoms with van der Waals surface area (Å²) in [6, 6.07) is 10.3. The van der Waals surface area contributed by atoms with E-state index >= 15 is 0 Å². The summed E-state index contributed by atoms with van der Waals surface area (Å²) < 4.78 is 1.15. The Kier molecular flexibility index (Phi) is 4.26. The zero-order valence-electron chi connectivity index (χ0n) is 9.63. The molecule has 1 unspecified atom stereocenters. The molecule has 0 saturated heterocycles. The third-order valence-corrected chi connectivity index (χ3v) is 4.84. The fourth-order valence-corrected chi connectivity index (χ4v) is 4.05. The lowest BCUT2D eigenvalue weighted by molar-refractivity contribution is 0.701. The van der Waals surface area contributed by atoms with E-state index in [9.17, 15) is 0 Å². The van der Waals surface area contributed by atoms with Crippen LogP contribution in [0.4, 0.5) is 0 Å². The predicted molar refractivity (Wildman–Crippen MR) is 79.1 cm³/mol. The lowest BCUT2D eigenvalue weighted by Gasteiger charge is -2.16. The minimum atomic E-state index is 0.182. The Balaban J connectivity index is 2.43. The number of thiophene rings is 1. The lowest BCUT2D eigenvalue weighted by Crippen LogP contribution is -2.16. The molecule has 0 aliphatic rings. The van der Waals surface area contributed by atoms with Gasteiger partial charge in [-0.05, 0) is 53.7 Å². The van der Waals surface area contributed by atoms with E-state index in [-0.39, 0.29) is 6.04 Å². The summed E-state index contributed by atoms with van der Waals surface area (Å²) in [5.74, 6) is 0. The Bertz CT molecular complexity index is 524. The van der Waals surface area contributed by atoms with Crippen LogP contribution >= 0.6 is 38.9 Å². The summed E-state index contributed by atoms with van der Waals surface area (Å²) >= 11 is 11.4. The van der Waals surface area contributed by atoms with Crippen molar-refractivity contribution in [3.63, 3.8) is 0 Å². The molecule has 17 heavy (non-hydrogen) atoms. The normalized spacial score (nSPS) is 12.7. The molecule has 90 valence electrons. The molecule has 1 nitrogen and oxygen atoms in total. The van der Waals surface area contributed by atoms with Gasteiger partial charge in [-0.2, -0.15) is 0 Å². The van der Waals surface area contributed by atoms with Crippen molar-refractivity contribution in [2.45, 2.75) is 13.0 Å². The van der Waals surface area contributed by atoms with Crippen LogP contribution in [-0.2, 0) is 0 Å². The summed E-state index contributed by atoms with van der Waals surface area (Å²) in [5.41, 5.74) is 1.18. The molecule has 1 atom stereocenters. The first kappa shape index (κ1) is 13.1.